The first-order valence-electron chi connectivity index (χ1n) is 4.63. The lowest BCUT2D eigenvalue weighted by atomic mass is 9.99. The summed E-state index contributed by atoms with van der Waals surface area (Å²) in [6.45, 7) is 1.99. The van der Waals surface area contributed by atoms with E-state index in [1.165, 1.54) is 23.5 Å². The largest absolute Gasteiger partial charge is 0.375 e. The molecule has 0 aliphatic heterocycles. The van der Waals surface area contributed by atoms with Gasteiger partial charge in [-0.25, -0.2) is 9.37 Å². The molecule has 0 bridgehead atoms. The summed E-state index contributed by atoms with van der Waals surface area (Å²) in [4.78, 5) is 4.19. The lowest BCUT2D eigenvalue weighted by Crippen LogP contribution is -1.97. The van der Waals surface area contributed by atoms with Crippen LogP contribution in [0.2, 0.25) is 0 Å². The summed E-state index contributed by atoms with van der Waals surface area (Å²) in [5, 5.41) is 2.46. The van der Waals surface area contributed by atoms with Gasteiger partial charge in [0, 0.05) is 11.3 Å². The zero-order chi connectivity index (χ0) is 10.8. The van der Waals surface area contributed by atoms with Gasteiger partial charge in [-0.1, -0.05) is 19.1 Å². The molecule has 0 fully saturated rings. The molecule has 2 N–H and O–H groups in total. The first-order chi connectivity index (χ1) is 7.16. The minimum atomic E-state index is -0.220. The van der Waals surface area contributed by atoms with Crippen LogP contribution in [0.4, 0.5) is 9.52 Å². The summed E-state index contributed by atoms with van der Waals surface area (Å²) < 4.78 is 13.0. The van der Waals surface area contributed by atoms with E-state index in [9.17, 15) is 4.39 Å². The Morgan fingerprint density at radius 3 is 2.87 bits per heavy atom. The number of hydrogen-bond donors (Lipinski definition) is 1. The van der Waals surface area contributed by atoms with Crippen molar-refractivity contribution in [1.29, 1.82) is 0 Å². The summed E-state index contributed by atoms with van der Waals surface area (Å²) >= 11 is 1.40. The number of nitrogen functional groups attached to an aromatic ring is 1. The highest BCUT2D eigenvalue weighted by Crippen LogP contribution is 2.26. The van der Waals surface area contributed by atoms with Gasteiger partial charge in [0.1, 0.15) is 5.82 Å². The van der Waals surface area contributed by atoms with E-state index in [0.717, 1.165) is 11.3 Å². The van der Waals surface area contributed by atoms with Crippen LogP contribution in [-0.2, 0) is 0 Å². The van der Waals surface area contributed by atoms with Gasteiger partial charge >= 0.3 is 0 Å². The molecule has 2 aromatic rings. The van der Waals surface area contributed by atoms with Crippen LogP contribution in [0.5, 0.6) is 0 Å². The first kappa shape index (κ1) is 10.1. The third-order valence-electron chi connectivity index (χ3n) is 2.33. The molecule has 0 spiro atoms. The third-order valence-corrected chi connectivity index (χ3v) is 3.02. The highest BCUT2D eigenvalue weighted by Gasteiger charge is 2.11. The molecule has 15 heavy (non-hydrogen) atoms. The molecule has 2 rings (SSSR count). The maximum absolute atomic E-state index is 13.0. The monoisotopic (exact) mass is 222 g/mol. The summed E-state index contributed by atoms with van der Waals surface area (Å²) in [6, 6.07) is 6.56. The molecule has 1 heterocycles. The molecule has 4 heteroatoms. The number of benzene rings is 1. The number of nitrogens with zero attached hydrogens (tertiary/aromatic N) is 1. The van der Waals surface area contributed by atoms with Crippen LogP contribution < -0.4 is 5.73 Å². The molecular weight excluding hydrogens is 211 g/mol. The van der Waals surface area contributed by atoms with Gasteiger partial charge in [0.05, 0.1) is 5.69 Å². The van der Waals surface area contributed by atoms with Crippen molar-refractivity contribution >= 4 is 16.5 Å². The average Bonchev–Trinajstić information content (AvgIpc) is 2.64. The second kappa shape index (κ2) is 3.98. The number of aromatic nitrogens is 1. The number of hydrogen-bond acceptors (Lipinski definition) is 3. The van der Waals surface area contributed by atoms with E-state index < -0.39 is 0 Å². The molecule has 0 saturated carbocycles. The van der Waals surface area contributed by atoms with Crippen LogP contribution in [0.15, 0.2) is 29.6 Å². The highest BCUT2D eigenvalue weighted by molar-refractivity contribution is 7.13. The molecule has 0 amide bonds. The van der Waals surface area contributed by atoms with Gasteiger partial charge in [0.15, 0.2) is 5.13 Å². The lowest BCUT2D eigenvalue weighted by Gasteiger charge is -2.08. The van der Waals surface area contributed by atoms with Crippen molar-refractivity contribution in [2.24, 2.45) is 0 Å². The molecule has 78 valence electrons. The van der Waals surface area contributed by atoms with Crippen molar-refractivity contribution in [1.82, 2.24) is 4.98 Å². The number of halogens is 1. The molecule has 0 aliphatic rings. The summed E-state index contributed by atoms with van der Waals surface area (Å²) in [6.07, 6.45) is 0. The van der Waals surface area contributed by atoms with Crippen LogP contribution >= 0.6 is 11.3 Å². The van der Waals surface area contributed by atoms with Crippen molar-refractivity contribution in [2.45, 2.75) is 12.8 Å². The molecule has 0 aliphatic carbocycles. The number of nitrogens with two attached hydrogens (primary N) is 1. The number of anilines is 1. The second-order valence-corrected chi connectivity index (χ2v) is 4.28. The molecule has 1 atom stereocenters. The normalized spacial score (nSPS) is 12.7. The quantitative estimate of drug-likeness (QED) is 0.848. The summed E-state index contributed by atoms with van der Waals surface area (Å²) in [5.41, 5.74) is 7.37. The topological polar surface area (TPSA) is 38.9 Å². The van der Waals surface area contributed by atoms with Gasteiger partial charge in [0.25, 0.3) is 0 Å². The van der Waals surface area contributed by atoms with Gasteiger partial charge in [-0.15, -0.1) is 11.3 Å². The Kier molecular flexibility index (Phi) is 2.68. The van der Waals surface area contributed by atoms with Crippen LogP contribution in [0.25, 0.3) is 0 Å². The van der Waals surface area contributed by atoms with Crippen molar-refractivity contribution in [2.75, 3.05) is 5.73 Å². The summed E-state index contributed by atoms with van der Waals surface area (Å²) in [5.74, 6) is -0.142. The van der Waals surface area contributed by atoms with Crippen molar-refractivity contribution in [3.8, 4) is 0 Å². The molecule has 1 aromatic heterocycles. The van der Waals surface area contributed by atoms with E-state index in [1.807, 2.05) is 18.4 Å². The zero-order valence-corrected chi connectivity index (χ0v) is 9.09. The molecule has 1 unspecified atom stereocenters. The maximum Gasteiger partial charge on any atom is 0.180 e. The minimum absolute atomic E-state index is 0.0780. The highest BCUT2D eigenvalue weighted by atomic mass is 32.1. The first-order valence-corrected chi connectivity index (χ1v) is 5.51. The average molecular weight is 222 g/mol. The number of thiazole rings is 1. The Morgan fingerprint density at radius 1 is 1.47 bits per heavy atom. The molecule has 2 nitrogen and oxygen atoms in total. The minimum Gasteiger partial charge on any atom is -0.375 e. The van der Waals surface area contributed by atoms with Crippen molar-refractivity contribution in [3.63, 3.8) is 0 Å². The fraction of sp³-hybridized carbons (Fsp3) is 0.182. The van der Waals surface area contributed by atoms with E-state index in [-0.39, 0.29) is 11.7 Å². The Balaban J connectivity index is 2.32. The molecular formula is C11H11FN2S. The molecule has 0 radical (unpaired) electrons. The Morgan fingerprint density at radius 2 is 2.27 bits per heavy atom. The fourth-order valence-electron chi connectivity index (χ4n) is 1.45. The molecule has 1 aromatic carbocycles. The summed E-state index contributed by atoms with van der Waals surface area (Å²) in [7, 11) is 0. The standard InChI is InChI=1S/C11H11FN2S/c1-7(10-6-15-11(13)14-10)8-3-2-4-9(12)5-8/h2-7H,1H3,(H2,13,14). The second-order valence-electron chi connectivity index (χ2n) is 3.39. The van der Waals surface area contributed by atoms with E-state index in [2.05, 4.69) is 4.98 Å². The predicted octanol–water partition coefficient (Wildman–Crippen LogP) is 3.02. The van der Waals surface area contributed by atoms with Crippen LogP contribution in [0, 0.1) is 5.82 Å². The SMILES string of the molecule is CC(c1cccc(F)c1)c1csc(N)n1. The van der Waals surface area contributed by atoms with Gasteiger partial charge in [-0.3, -0.25) is 0 Å². The van der Waals surface area contributed by atoms with Gasteiger partial charge in [-0.2, -0.15) is 0 Å². The van der Waals surface area contributed by atoms with Crippen LogP contribution in [0.1, 0.15) is 24.1 Å². The zero-order valence-electron chi connectivity index (χ0n) is 8.27. The van der Waals surface area contributed by atoms with Crippen LogP contribution in [-0.4, -0.2) is 4.98 Å². The van der Waals surface area contributed by atoms with Crippen molar-refractivity contribution in [3.05, 3.63) is 46.7 Å². The van der Waals surface area contributed by atoms with Crippen molar-refractivity contribution < 1.29 is 4.39 Å². The Bertz CT molecular complexity index is 467. The molecule has 0 saturated heterocycles. The maximum atomic E-state index is 13.0. The third kappa shape index (κ3) is 2.15. The van der Waals surface area contributed by atoms with Gasteiger partial charge in [0.2, 0.25) is 0 Å². The van der Waals surface area contributed by atoms with Gasteiger partial charge in [-0.05, 0) is 17.7 Å². The van der Waals surface area contributed by atoms with E-state index >= 15 is 0 Å². The fourth-order valence-corrected chi connectivity index (χ4v) is 2.10. The Hall–Kier alpha value is -1.42. The van der Waals surface area contributed by atoms with Gasteiger partial charge < -0.3 is 5.73 Å². The van der Waals surface area contributed by atoms with Crippen LogP contribution in [0.3, 0.4) is 0 Å². The van der Waals surface area contributed by atoms with E-state index in [0.29, 0.717) is 5.13 Å². The Labute approximate surface area is 91.6 Å². The van der Waals surface area contributed by atoms with E-state index in [4.69, 9.17) is 5.73 Å². The smallest absolute Gasteiger partial charge is 0.180 e. The van der Waals surface area contributed by atoms with E-state index in [1.54, 1.807) is 6.07 Å². The number of rotatable bonds is 2. The lowest BCUT2D eigenvalue weighted by molar-refractivity contribution is 0.624. The predicted molar refractivity (Wildman–Crippen MR) is 60.4 cm³/mol.